The highest BCUT2D eigenvalue weighted by atomic mass is 35.5. The summed E-state index contributed by atoms with van der Waals surface area (Å²) in [5, 5.41) is 11.9. The summed E-state index contributed by atoms with van der Waals surface area (Å²) in [4.78, 5) is 10.8. The molecule has 0 spiro atoms. The van der Waals surface area contributed by atoms with Crippen molar-refractivity contribution in [2.75, 3.05) is 12.4 Å². The summed E-state index contributed by atoms with van der Waals surface area (Å²) >= 11 is 0. The Labute approximate surface area is 100 Å². The Bertz CT molecular complexity index is 395. The van der Waals surface area contributed by atoms with Crippen LogP contribution in [0.1, 0.15) is 12.0 Å². The van der Waals surface area contributed by atoms with Gasteiger partial charge in [0.25, 0.3) is 0 Å². The van der Waals surface area contributed by atoms with Crippen LogP contribution in [-0.2, 0) is 11.2 Å². The molecule has 0 radical (unpaired) electrons. The number of carboxylic acid groups (broad SMARTS) is 1. The van der Waals surface area contributed by atoms with Gasteiger partial charge in [-0.2, -0.15) is 0 Å². The maximum absolute atomic E-state index is 10.8. The highest BCUT2D eigenvalue weighted by Crippen LogP contribution is 2.28. The molecule has 2 rings (SSSR count). The molecular formula is C11H14ClNO3. The van der Waals surface area contributed by atoms with Gasteiger partial charge in [-0.25, -0.2) is 4.79 Å². The third-order valence-corrected chi connectivity index (χ3v) is 2.64. The Morgan fingerprint density at radius 2 is 2.31 bits per heavy atom. The van der Waals surface area contributed by atoms with Crippen molar-refractivity contribution in [1.82, 2.24) is 0 Å². The second-order valence-electron chi connectivity index (χ2n) is 3.60. The van der Waals surface area contributed by atoms with Gasteiger partial charge >= 0.3 is 5.97 Å². The van der Waals surface area contributed by atoms with E-state index in [1.165, 1.54) is 0 Å². The first-order valence-electron chi connectivity index (χ1n) is 4.87. The number of hydrogen-bond acceptors (Lipinski definition) is 3. The van der Waals surface area contributed by atoms with Crippen molar-refractivity contribution in [3.05, 3.63) is 23.8 Å². The van der Waals surface area contributed by atoms with Crippen molar-refractivity contribution < 1.29 is 14.6 Å². The fraction of sp³-hybridized carbons (Fsp3) is 0.364. The number of carboxylic acids is 1. The molecule has 1 aromatic carbocycles. The van der Waals surface area contributed by atoms with Crippen LogP contribution in [0.3, 0.4) is 0 Å². The number of aryl methyl sites for hydroxylation is 1. The molecule has 4 nitrogen and oxygen atoms in total. The van der Waals surface area contributed by atoms with E-state index in [1.807, 2.05) is 18.2 Å². The van der Waals surface area contributed by atoms with E-state index in [2.05, 4.69) is 5.32 Å². The van der Waals surface area contributed by atoms with E-state index >= 15 is 0 Å². The van der Waals surface area contributed by atoms with Crippen molar-refractivity contribution in [3.8, 4) is 5.75 Å². The van der Waals surface area contributed by atoms with Gasteiger partial charge in [-0.05, 0) is 36.6 Å². The number of nitrogens with one attached hydrogen (secondary N) is 1. The van der Waals surface area contributed by atoms with Gasteiger partial charge in [-0.15, -0.1) is 12.4 Å². The average molecular weight is 244 g/mol. The van der Waals surface area contributed by atoms with Crippen LogP contribution in [0, 0.1) is 0 Å². The standard InChI is InChI=1S/C11H13NO3.ClH/c1-15-8-3-5-9-7(6-8)2-4-10(12-9)11(13)14;/h3,5-6,10,12H,2,4H2,1H3,(H,13,14);1H. The number of ether oxygens (including phenoxy) is 1. The molecule has 0 fully saturated rings. The number of benzene rings is 1. The molecule has 1 aliphatic heterocycles. The van der Waals surface area contributed by atoms with Crippen LogP contribution in [0.25, 0.3) is 0 Å². The lowest BCUT2D eigenvalue weighted by atomic mass is 9.98. The first-order chi connectivity index (χ1) is 7.20. The average Bonchev–Trinajstić information content (AvgIpc) is 2.27. The Kier molecular flexibility index (Phi) is 4.01. The molecule has 0 aromatic heterocycles. The molecule has 0 aliphatic carbocycles. The predicted molar refractivity (Wildman–Crippen MR) is 63.6 cm³/mol. The van der Waals surface area contributed by atoms with Crippen LogP contribution in [0.2, 0.25) is 0 Å². The number of halogens is 1. The van der Waals surface area contributed by atoms with Gasteiger partial charge in [0.15, 0.2) is 0 Å². The lowest BCUT2D eigenvalue weighted by Gasteiger charge is -2.24. The Morgan fingerprint density at radius 3 is 2.94 bits per heavy atom. The molecule has 88 valence electrons. The van der Waals surface area contributed by atoms with E-state index in [-0.39, 0.29) is 12.4 Å². The van der Waals surface area contributed by atoms with Crippen LogP contribution >= 0.6 is 12.4 Å². The van der Waals surface area contributed by atoms with Crippen LogP contribution in [0.4, 0.5) is 5.69 Å². The molecule has 1 atom stereocenters. The van der Waals surface area contributed by atoms with Gasteiger partial charge in [-0.3, -0.25) is 0 Å². The number of rotatable bonds is 2. The van der Waals surface area contributed by atoms with Crippen molar-refractivity contribution in [2.45, 2.75) is 18.9 Å². The summed E-state index contributed by atoms with van der Waals surface area (Å²) in [7, 11) is 1.62. The van der Waals surface area contributed by atoms with E-state index < -0.39 is 12.0 Å². The lowest BCUT2D eigenvalue weighted by Crippen LogP contribution is -2.33. The Morgan fingerprint density at radius 1 is 1.56 bits per heavy atom. The van der Waals surface area contributed by atoms with E-state index in [4.69, 9.17) is 9.84 Å². The first-order valence-corrected chi connectivity index (χ1v) is 4.87. The molecule has 16 heavy (non-hydrogen) atoms. The van der Waals surface area contributed by atoms with Crippen molar-refractivity contribution >= 4 is 24.1 Å². The van der Waals surface area contributed by atoms with Crippen molar-refractivity contribution in [1.29, 1.82) is 0 Å². The topological polar surface area (TPSA) is 58.6 Å². The molecule has 1 aromatic rings. The molecule has 0 saturated carbocycles. The van der Waals surface area contributed by atoms with E-state index in [0.29, 0.717) is 6.42 Å². The lowest BCUT2D eigenvalue weighted by molar-refractivity contribution is -0.138. The third-order valence-electron chi connectivity index (χ3n) is 2.64. The maximum atomic E-state index is 10.8. The van der Waals surface area contributed by atoms with Gasteiger partial charge in [0.1, 0.15) is 11.8 Å². The van der Waals surface area contributed by atoms with E-state index in [9.17, 15) is 4.79 Å². The van der Waals surface area contributed by atoms with Gasteiger partial charge in [0.05, 0.1) is 7.11 Å². The highest BCUT2D eigenvalue weighted by molar-refractivity contribution is 5.85. The monoisotopic (exact) mass is 243 g/mol. The van der Waals surface area contributed by atoms with Crippen LogP contribution < -0.4 is 10.1 Å². The van der Waals surface area contributed by atoms with Gasteiger partial charge in [-0.1, -0.05) is 0 Å². The number of hydrogen-bond donors (Lipinski definition) is 2. The second kappa shape index (κ2) is 5.07. The minimum Gasteiger partial charge on any atom is -0.497 e. The molecule has 0 bridgehead atoms. The summed E-state index contributed by atoms with van der Waals surface area (Å²) < 4.78 is 5.11. The van der Waals surface area contributed by atoms with Crippen LogP contribution in [0.5, 0.6) is 5.75 Å². The Balaban J connectivity index is 0.00000128. The number of aliphatic carboxylic acids is 1. The van der Waals surface area contributed by atoms with Crippen LogP contribution in [-0.4, -0.2) is 24.2 Å². The second-order valence-corrected chi connectivity index (χ2v) is 3.60. The largest absolute Gasteiger partial charge is 0.497 e. The van der Waals surface area contributed by atoms with Gasteiger partial charge < -0.3 is 15.2 Å². The number of fused-ring (bicyclic) bond motifs is 1. The normalized spacial score (nSPS) is 17.7. The number of methoxy groups -OCH3 is 1. The molecular weight excluding hydrogens is 230 g/mol. The predicted octanol–water partition coefficient (Wildman–Crippen LogP) is 1.93. The Hall–Kier alpha value is -1.42. The fourth-order valence-corrected chi connectivity index (χ4v) is 1.79. The summed E-state index contributed by atoms with van der Waals surface area (Å²) in [6.45, 7) is 0. The first kappa shape index (κ1) is 12.6. The fourth-order valence-electron chi connectivity index (χ4n) is 1.79. The smallest absolute Gasteiger partial charge is 0.326 e. The van der Waals surface area contributed by atoms with Crippen LogP contribution in [0.15, 0.2) is 18.2 Å². The minimum absolute atomic E-state index is 0. The summed E-state index contributed by atoms with van der Waals surface area (Å²) in [6, 6.07) is 5.17. The van der Waals surface area contributed by atoms with Gasteiger partial charge in [0, 0.05) is 5.69 Å². The molecule has 1 heterocycles. The van der Waals surface area contributed by atoms with Gasteiger partial charge in [0.2, 0.25) is 0 Å². The van der Waals surface area contributed by atoms with Crippen molar-refractivity contribution in [2.24, 2.45) is 0 Å². The van der Waals surface area contributed by atoms with Crippen molar-refractivity contribution in [3.63, 3.8) is 0 Å². The number of anilines is 1. The van der Waals surface area contributed by atoms with E-state index in [0.717, 1.165) is 23.4 Å². The molecule has 0 saturated heterocycles. The molecule has 0 amide bonds. The quantitative estimate of drug-likeness (QED) is 0.833. The number of carbonyl (C=O) groups is 1. The zero-order valence-corrected chi connectivity index (χ0v) is 9.71. The highest BCUT2D eigenvalue weighted by Gasteiger charge is 2.23. The minimum atomic E-state index is -0.795. The molecule has 5 heteroatoms. The molecule has 1 unspecified atom stereocenters. The maximum Gasteiger partial charge on any atom is 0.326 e. The molecule has 2 N–H and O–H groups in total. The zero-order valence-electron chi connectivity index (χ0n) is 8.90. The summed E-state index contributed by atoms with van der Waals surface area (Å²) in [6.07, 6.45) is 1.39. The van der Waals surface area contributed by atoms with E-state index in [1.54, 1.807) is 7.11 Å². The summed E-state index contributed by atoms with van der Waals surface area (Å²) in [5.74, 6) is 0.0146. The third kappa shape index (κ3) is 2.39. The molecule has 1 aliphatic rings. The SMILES string of the molecule is COc1ccc2c(c1)CCC(C(=O)O)N2.Cl. The zero-order chi connectivity index (χ0) is 10.8. The summed E-state index contributed by atoms with van der Waals surface area (Å²) in [5.41, 5.74) is 2.02.